The Labute approximate surface area is 153 Å². The predicted molar refractivity (Wildman–Crippen MR) is 95.8 cm³/mol. The van der Waals surface area contributed by atoms with Crippen LogP contribution in [0.15, 0.2) is 28.8 Å². The van der Waals surface area contributed by atoms with Crippen molar-refractivity contribution in [1.82, 2.24) is 10.1 Å². The van der Waals surface area contributed by atoms with E-state index in [-0.39, 0.29) is 18.5 Å². The molecule has 1 saturated heterocycles. The molecular formula is C18H24ClN3O3. The molecule has 136 valence electrons. The normalized spacial score (nSPS) is 21.9. The highest BCUT2D eigenvalue weighted by Crippen LogP contribution is 2.36. The molecule has 6 nitrogen and oxygen atoms in total. The van der Waals surface area contributed by atoms with Crippen molar-refractivity contribution in [2.45, 2.75) is 50.2 Å². The number of ether oxygens (including phenoxy) is 2. The van der Waals surface area contributed by atoms with Crippen LogP contribution in [0.5, 0.6) is 5.75 Å². The van der Waals surface area contributed by atoms with Crippen LogP contribution >= 0.6 is 12.4 Å². The van der Waals surface area contributed by atoms with Crippen LogP contribution in [0.25, 0.3) is 11.5 Å². The lowest BCUT2D eigenvalue weighted by molar-refractivity contribution is 0.0681. The number of hydrogen-bond acceptors (Lipinski definition) is 6. The second-order valence-electron chi connectivity index (χ2n) is 6.73. The fraction of sp³-hybridized carbons (Fsp3) is 0.556. The van der Waals surface area contributed by atoms with Gasteiger partial charge in [-0.25, -0.2) is 0 Å². The molecule has 1 aliphatic heterocycles. The molecular weight excluding hydrogens is 342 g/mol. The highest BCUT2D eigenvalue weighted by molar-refractivity contribution is 5.85. The van der Waals surface area contributed by atoms with Gasteiger partial charge in [0.15, 0.2) is 5.82 Å². The third kappa shape index (κ3) is 3.81. The summed E-state index contributed by atoms with van der Waals surface area (Å²) in [6.07, 6.45) is 6.35. The molecule has 1 saturated carbocycles. The summed E-state index contributed by atoms with van der Waals surface area (Å²) in [7, 11) is 0. The Kier molecular flexibility index (Phi) is 5.61. The van der Waals surface area contributed by atoms with E-state index in [9.17, 15) is 0 Å². The number of aromatic nitrogens is 2. The van der Waals surface area contributed by atoms with E-state index in [4.69, 9.17) is 19.7 Å². The summed E-state index contributed by atoms with van der Waals surface area (Å²) in [5.74, 6) is 1.80. The van der Waals surface area contributed by atoms with Gasteiger partial charge in [-0.2, -0.15) is 4.98 Å². The SMILES string of the molecule is Cl.NC1(c2noc(-c3ccccc3OCC3CCCO3)n2)CCCC1. The van der Waals surface area contributed by atoms with E-state index in [1.165, 1.54) is 0 Å². The van der Waals surface area contributed by atoms with Gasteiger partial charge in [-0.05, 0) is 37.8 Å². The number of halogens is 1. The van der Waals surface area contributed by atoms with Crippen LogP contribution in [0.4, 0.5) is 0 Å². The van der Waals surface area contributed by atoms with Crippen LogP contribution in [-0.2, 0) is 10.3 Å². The first-order chi connectivity index (χ1) is 11.7. The highest BCUT2D eigenvalue weighted by Gasteiger charge is 2.36. The van der Waals surface area contributed by atoms with Gasteiger partial charge in [0.05, 0.1) is 17.2 Å². The highest BCUT2D eigenvalue weighted by atomic mass is 35.5. The number of hydrogen-bond donors (Lipinski definition) is 1. The van der Waals surface area contributed by atoms with E-state index >= 15 is 0 Å². The first-order valence-electron chi connectivity index (χ1n) is 8.71. The zero-order valence-corrected chi connectivity index (χ0v) is 15.0. The monoisotopic (exact) mass is 365 g/mol. The van der Waals surface area contributed by atoms with Crippen molar-refractivity contribution < 1.29 is 14.0 Å². The smallest absolute Gasteiger partial charge is 0.261 e. The maximum absolute atomic E-state index is 6.42. The molecule has 0 radical (unpaired) electrons. The lowest BCUT2D eigenvalue weighted by atomic mass is 9.99. The average Bonchev–Trinajstić information content (AvgIpc) is 3.35. The molecule has 2 aromatic rings. The molecule has 2 aliphatic rings. The van der Waals surface area contributed by atoms with Gasteiger partial charge in [0.2, 0.25) is 0 Å². The summed E-state index contributed by atoms with van der Waals surface area (Å²) in [6, 6.07) is 7.72. The van der Waals surface area contributed by atoms with Gasteiger partial charge in [-0.15, -0.1) is 12.4 Å². The molecule has 4 rings (SSSR count). The van der Waals surface area contributed by atoms with Gasteiger partial charge in [-0.3, -0.25) is 0 Å². The standard InChI is InChI=1S/C18H23N3O3.ClH/c19-18(9-3-4-10-18)17-20-16(24-21-17)14-7-1-2-8-15(14)23-12-13-6-5-11-22-13;/h1-2,7-8,13H,3-6,9-12,19H2;1H. The van der Waals surface area contributed by atoms with E-state index in [0.29, 0.717) is 18.3 Å². The zero-order chi connectivity index (χ0) is 16.4. The Bertz CT molecular complexity index is 694. The van der Waals surface area contributed by atoms with Crippen LogP contribution in [0.3, 0.4) is 0 Å². The van der Waals surface area contributed by atoms with Crippen LogP contribution in [0.2, 0.25) is 0 Å². The molecule has 1 unspecified atom stereocenters. The fourth-order valence-electron chi connectivity index (χ4n) is 3.49. The van der Waals surface area contributed by atoms with Gasteiger partial charge in [0.1, 0.15) is 12.4 Å². The van der Waals surface area contributed by atoms with Crippen molar-refractivity contribution in [3.05, 3.63) is 30.1 Å². The molecule has 0 spiro atoms. The van der Waals surface area contributed by atoms with E-state index in [0.717, 1.165) is 56.4 Å². The van der Waals surface area contributed by atoms with Gasteiger partial charge in [-0.1, -0.05) is 30.1 Å². The lowest BCUT2D eigenvalue weighted by Gasteiger charge is -2.17. The van der Waals surface area contributed by atoms with Crippen molar-refractivity contribution in [3.8, 4) is 17.2 Å². The number of nitrogens with zero attached hydrogens (tertiary/aromatic N) is 2. The Morgan fingerprint density at radius 1 is 1.20 bits per heavy atom. The second-order valence-corrected chi connectivity index (χ2v) is 6.73. The van der Waals surface area contributed by atoms with Crippen molar-refractivity contribution in [2.24, 2.45) is 5.73 Å². The first kappa shape index (κ1) is 18.2. The molecule has 0 amide bonds. The van der Waals surface area contributed by atoms with Crippen LogP contribution in [0.1, 0.15) is 44.3 Å². The van der Waals surface area contributed by atoms with Crippen LogP contribution in [-0.4, -0.2) is 29.5 Å². The Morgan fingerprint density at radius 3 is 2.76 bits per heavy atom. The molecule has 2 heterocycles. The largest absolute Gasteiger partial charge is 0.490 e. The quantitative estimate of drug-likeness (QED) is 0.873. The van der Waals surface area contributed by atoms with E-state index in [1.807, 2.05) is 24.3 Å². The number of para-hydroxylation sites is 1. The summed E-state index contributed by atoms with van der Waals surface area (Å²) in [5.41, 5.74) is 6.77. The molecule has 2 fully saturated rings. The number of nitrogens with two attached hydrogens (primary N) is 1. The topological polar surface area (TPSA) is 83.4 Å². The predicted octanol–water partition coefficient (Wildman–Crippen LogP) is 3.44. The van der Waals surface area contributed by atoms with Crippen LogP contribution < -0.4 is 10.5 Å². The molecule has 1 aliphatic carbocycles. The van der Waals surface area contributed by atoms with Crippen molar-refractivity contribution in [3.63, 3.8) is 0 Å². The molecule has 1 atom stereocenters. The van der Waals surface area contributed by atoms with Crippen molar-refractivity contribution >= 4 is 12.4 Å². The molecule has 0 bridgehead atoms. The third-order valence-electron chi connectivity index (χ3n) is 4.93. The van der Waals surface area contributed by atoms with Crippen molar-refractivity contribution in [2.75, 3.05) is 13.2 Å². The minimum absolute atomic E-state index is 0. The Hall–Kier alpha value is -1.63. The Morgan fingerprint density at radius 2 is 2.00 bits per heavy atom. The van der Waals surface area contributed by atoms with Crippen molar-refractivity contribution in [1.29, 1.82) is 0 Å². The van der Waals surface area contributed by atoms with Gasteiger partial charge in [0.25, 0.3) is 5.89 Å². The van der Waals surface area contributed by atoms with E-state index < -0.39 is 5.54 Å². The molecule has 1 aromatic carbocycles. The summed E-state index contributed by atoms with van der Waals surface area (Å²) < 4.78 is 17.1. The summed E-state index contributed by atoms with van der Waals surface area (Å²) in [6.45, 7) is 1.36. The minimum atomic E-state index is -0.449. The molecule has 1 aromatic heterocycles. The van der Waals surface area contributed by atoms with Gasteiger partial charge in [0, 0.05) is 6.61 Å². The number of rotatable bonds is 5. The Balaban J connectivity index is 0.00000182. The molecule has 7 heteroatoms. The third-order valence-corrected chi connectivity index (χ3v) is 4.93. The fourth-order valence-corrected chi connectivity index (χ4v) is 3.49. The summed E-state index contributed by atoms with van der Waals surface area (Å²) in [5, 5.41) is 4.13. The summed E-state index contributed by atoms with van der Waals surface area (Å²) in [4.78, 5) is 4.56. The summed E-state index contributed by atoms with van der Waals surface area (Å²) >= 11 is 0. The zero-order valence-electron chi connectivity index (χ0n) is 14.1. The number of benzene rings is 1. The maximum Gasteiger partial charge on any atom is 0.261 e. The average molecular weight is 366 g/mol. The van der Waals surface area contributed by atoms with Gasteiger partial charge < -0.3 is 19.7 Å². The van der Waals surface area contributed by atoms with E-state index in [2.05, 4.69) is 10.1 Å². The molecule has 2 N–H and O–H groups in total. The first-order valence-corrected chi connectivity index (χ1v) is 8.71. The molecule has 25 heavy (non-hydrogen) atoms. The maximum atomic E-state index is 6.42. The second kappa shape index (κ2) is 7.72. The van der Waals surface area contributed by atoms with Crippen LogP contribution in [0, 0.1) is 0 Å². The van der Waals surface area contributed by atoms with E-state index in [1.54, 1.807) is 0 Å². The minimum Gasteiger partial charge on any atom is -0.490 e. The lowest BCUT2D eigenvalue weighted by Crippen LogP contribution is -2.34. The van der Waals surface area contributed by atoms with Gasteiger partial charge >= 0.3 is 0 Å².